The van der Waals surface area contributed by atoms with Gasteiger partial charge in [0.2, 0.25) is 5.91 Å². The highest BCUT2D eigenvalue weighted by atomic mass is 16.2. The van der Waals surface area contributed by atoms with Crippen LogP contribution in [-0.2, 0) is 4.79 Å². The molecule has 0 radical (unpaired) electrons. The predicted octanol–water partition coefficient (Wildman–Crippen LogP) is 1.79. The molecule has 1 amide bonds. The molecular formula is C10H18N2O. The van der Waals surface area contributed by atoms with Crippen LogP contribution >= 0.6 is 0 Å². The van der Waals surface area contributed by atoms with Gasteiger partial charge < -0.3 is 4.90 Å². The van der Waals surface area contributed by atoms with E-state index in [9.17, 15) is 4.79 Å². The smallest absolute Gasteiger partial charge is 0.239 e. The second-order valence-electron chi connectivity index (χ2n) is 3.12. The molecule has 0 saturated heterocycles. The molecular weight excluding hydrogens is 164 g/mol. The first-order valence-corrected chi connectivity index (χ1v) is 4.85. The van der Waals surface area contributed by atoms with Crippen molar-refractivity contribution in [2.24, 2.45) is 5.92 Å². The van der Waals surface area contributed by atoms with E-state index >= 15 is 0 Å². The van der Waals surface area contributed by atoms with Crippen LogP contribution in [0.4, 0.5) is 0 Å². The van der Waals surface area contributed by atoms with Crippen molar-refractivity contribution >= 4 is 5.91 Å². The molecule has 0 aromatic heterocycles. The van der Waals surface area contributed by atoms with Gasteiger partial charge in [0.1, 0.15) is 5.92 Å². The first-order valence-electron chi connectivity index (χ1n) is 4.85. The molecule has 0 saturated carbocycles. The molecule has 0 aromatic rings. The maximum atomic E-state index is 11.5. The number of carbonyl (C=O) groups is 1. The fourth-order valence-electron chi connectivity index (χ4n) is 1.10. The summed E-state index contributed by atoms with van der Waals surface area (Å²) >= 11 is 0. The summed E-state index contributed by atoms with van der Waals surface area (Å²) in [5.74, 6) is -0.546. The number of rotatable bonds is 5. The Morgan fingerprint density at radius 2 is 2.15 bits per heavy atom. The average molecular weight is 182 g/mol. The Morgan fingerprint density at radius 3 is 2.54 bits per heavy atom. The Balaban J connectivity index is 4.08. The molecule has 0 aromatic carbocycles. The maximum Gasteiger partial charge on any atom is 0.239 e. The molecule has 0 bridgehead atoms. The number of amides is 1. The molecule has 1 atom stereocenters. The normalized spacial score (nSPS) is 11.8. The van der Waals surface area contributed by atoms with Crippen LogP contribution in [0.1, 0.15) is 33.6 Å². The van der Waals surface area contributed by atoms with E-state index in [0.29, 0.717) is 6.54 Å². The summed E-state index contributed by atoms with van der Waals surface area (Å²) in [4.78, 5) is 13.3. The summed E-state index contributed by atoms with van der Waals surface area (Å²) in [6.45, 7) is 7.16. The van der Waals surface area contributed by atoms with E-state index < -0.39 is 5.92 Å². The van der Waals surface area contributed by atoms with Crippen molar-refractivity contribution in [1.82, 2.24) is 4.90 Å². The summed E-state index contributed by atoms with van der Waals surface area (Å²) in [6, 6.07) is 1.96. The SMILES string of the molecule is CCCCN(CC)C(=O)C(C)C#N. The minimum atomic E-state index is -0.503. The van der Waals surface area contributed by atoms with E-state index in [0.717, 1.165) is 19.4 Å². The fraction of sp³-hybridized carbons (Fsp3) is 0.800. The molecule has 3 nitrogen and oxygen atoms in total. The number of carbonyl (C=O) groups excluding carboxylic acids is 1. The molecule has 0 rings (SSSR count). The largest absolute Gasteiger partial charge is 0.342 e. The zero-order valence-electron chi connectivity index (χ0n) is 8.71. The molecule has 0 heterocycles. The van der Waals surface area contributed by atoms with Crippen LogP contribution in [0.25, 0.3) is 0 Å². The number of nitrogens with zero attached hydrogens (tertiary/aromatic N) is 2. The highest BCUT2D eigenvalue weighted by molar-refractivity contribution is 5.80. The van der Waals surface area contributed by atoms with Crippen molar-refractivity contribution < 1.29 is 4.79 Å². The number of hydrogen-bond donors (Lipinski definition) is 0. The van der Waals surface area contributed by atoms with E-state index in [1.54, 1.807) is 11.8 Å². The third kappa shape index (κ3) is 3.93. The van der Waals surface area contributed by atoms with E-state index in [2.05, 4.69) is 6.92 Å². The molecule has 0 N–H and O–H groups in total. The molecule has 1 unspecified atom stereocenters. The lowest BCUT2D eigenvalue weighted by atomic mass is 10.1. The van der Waals surface area contributed by atoms with Crippen LogP contribution in [0, 0.1) is 17.2 Å². The lowest BCUT2D eigenvalue weighted by molar-refractivity contribution is -0.133. The zero-order valence-corrected chi connectivity index (χ0v) is 8.71. The van der Waals surface area contributed by atoms with Crippen LogP contribution in [0.15, 0.2) is 0 Å². The van der Waals surface area contributed by atoms with Gasteiger partial charge in [-0.15, -0.1) is 0 Å². The summed E-state index contributed by atoms with van der Waals surface area (Å²) in [6.07, 6.45) is 2.09. The van der Waals surface area contributed by atoms with Gasteiger partial charge in [-0.05, 0) is 20.3 Å². The standard InChI is InChI=1S/C10H18N2O/c1-4-6-7-12(5-2)10(13)9(3)8-11/h9H,4-7H2,1-3H3. The Bertz CT molecular complexity index is 196. The van der Waals surface area contributed by atoms with E-state index in [1.165, 1.54) is 0 Å². The van der Waals surface area contributed by atoms with Crippen LogP contribution in [0.3, 0.4) is 0 Å². The van der Waals surface area contributed by atoms with Crippen LogP contribution in [-0.4, -0.2) is 23.9 Å². The third-order valence-electron chi connectivity index (χ3n) is 2.04. The minimum Gasteiger partial charge on any atom is -0.342 e. The Kier molecular flexibility index (Phi) is 5.96. The highest BCUT2D eigenvalue weighted by Gasteiger charge is 2.17. The van der Waals surface area contributed by atoms with Gasteiger partial charge in [-0.1, -0.05) is 13.3 Å². The Labute approximate surface area is 80.3 Å². The van der Waals surface area contributed by atoms with Gasteiger partial charge in [0.25, 0.3) is 0 Å². The van der Waals surface area contributed by atoms with E-state index in [4.69, 9.17) is 5.26 Å². The maximum absolute atomic E-state index is 11.5. The quantitative estimate of drug-likeness (QED) is 0.650. The van der Waals surface area contributed by atoms with Crippen LogP contribution < -0.4 is 0 Å². The monoisotopic (exact) mass is 182 g/mol. The van der Waals surface area contributed by atoms with Crippen molar-refractivity contribution in [1.29, 1.82) is 5.26 Å². The van der Waals surface area contributed by atoms with Crippen molar-refractivity contribution in [3.05, 3.63) is 0 Å². The first kappa shape index (κ1) is 12.0. The van der Waals surface area contributed by atoms with Gasteiger partial charge in [-0.25, -0.2) is 0 Å². The third-order valence-corrected chi connectivity index (χ3v) is 2.04. The Morgan fingerprint density at radius 1 is 1.54 bits per heavy atom. The molecule has 74 valence electrons. The topological polar surface area (TPSA) is 44.1 Å². The second kappa shape index (κ2) is 6.47. The molecule has 0 aliphatic heterocycles. The van der Waals surface area contributed by atoms with Gasteiger partial charge >= 0.3 is 0 Å². The first-order chi connectivity index (χ1) is 6.17. The summed E-state index contributed by atoms with van der Waals surface area (Å²) in [5.41, 5.74) is 0. The van der Waals surface area contributed by atoms with Crippen LogP contribution in [0.5, 0.6) is 0 Å². The minimum absolute atomic E-state index is 0.0431. The summed E-state index contributed by atoms with van der Waals surface area (Å²) in [7, 11) is 0. The molecule has 0 aliphatic carbocycles. The number of hydrogen-bond acceptors (Lipinski definition) is 2. The summed E-state index contributed by atoms with van der Waals surface area (Å²) < 4.78 is 0. The van der Waals surface area contributed by atoms with Crippen LogP contribution in [0.2, 0.25) is 0 Å². The van der Waals surface area contributed by atoms with Crippen molar-refractivity contribution in [2.45, 2.75) is 33.6 Å². The lowest BCUT2D eigenvalue weighted by Gasteiger charge is -2.21. The average Bonchev–Trinajstić information content (AvgIpc) is 2.17. The molecule has 3 heteroatoms. The van der Waals surface area contributed by atoms with E-state index in [1.807, 2.05) is 13.0 Å². The lowest BCUT2D eigenvalue weighted by Crippen LogP contribution is -2.35. The number of nitriles is 1. The van der Waals surface area contributed by atoms with Gasteiger partial charge in [0.15, 0.2) is 0 Å². The van der Waals surface area contributed by atoms with Crippen molar-refractivity contribution in [2.75, 3.05) is 13.1 Å². The molecule has 0 aliphatic rings. The van der Waals surface area contributed by atoms with Gasteiger partial charge in [-0.3, -0.25) is 4.79 Å². The Hall–Kier alpha value is -1.04. The zero-order chi connectivity index (χ0) is 10.3. The fourth-order valence-corrected chi connectivity index (χ4v) is 1.10. The molecule has 0 fully saturated rings. The van der Waals surface area contributed by atoms with Gasteiger partial charge in [0, 0.05) is 13.1 Å². The van der Waals surface area contributed by atoms with Gasteiger partial charge in [0.05, 0.1) is 6.07 Å². The van der Waals surface area contributed by atoms with Crippen molar-refractivity contribution in [3.63, 3.8) is 0 Å². The summed E-state index contributed by atoms with van der Waals surface area (Å²) in [5, 5.41) is 8.58. The molecule has 13 heavy (non-hydrogen) atoms. The van der Waals surface area contributed by atoms with E-state index in [-0.39, 0.29) is 5.91 Å². The van der Waals surface area contributed by atoms with Gasteiger partial charge in [-0.2, -0.15) is 5.26 Å². The number of unbranched alkanes of at least 4 members (excludes halogenated alkanes) is 1. The highest BCUT2D eigenvalue weighted by Crippen LogP contribution is 2.03. The second-order valence-corrected chi connectivity index (χ2v) is 3.12. The van der Waals surface area contributed by atoms with Crippen molar-refractivity contribution in [3.8, 4) is 6.07 Å². The molecule has 0 spiro atoms. The predicted molar refractivity (Wildman–Crippen MR) is 51.9 cm³/mol.